The first kappa shape index (κ1) is 32.0. The lowest BCUT2D eigenvalue weighted by atomic mass is 10.1. The van der Waals surface area contributed by atoms with Crippen LogP contribution in [-0.2, 0) is 0 Å². The minimum absolute atomic E-state index is 0.492. The molecule has 0 saturated heterocycles. The Labute approximate surface area is 337 Å². The zero-order valence-corrected chi connectivity index (χ0v) is 36.0. The SMILES string of the molecule is Brc1ccc2c(c1Br)-c1nc-2nc2[nH]c(nc3nc(nc4[nH]c(n1)c1ccc(Br)c(Br)c41)-c1ccc(Br)c(Br)c1-3)c1ccc(Br)c(Br)c21. The third-order valence-electron chi connectivity index (χ3n) is 8.06. The van der Waals surface area contributed by atoms with E-state index in [9.17, 15) is 0 Å². The third kappa shape index (κ3) is 4.83. The van der Waals surface area contributed by atoms with Crippen LogP contribution in [0, 0.1) is 0 Å². The first-order chi connectivity index (χ1) is 23.1. The monoisotopic (exact) mass is 1140 g/mol. The molecule has 48 heavy (non-hydrogen) atoms. The van der Waals surface area contributed by atoms with Crippen molar-refractivity contribution in [2.24, 2.45) is 0 Å². The van der Waals surface area contributed by atoms with E-state index in [1.165, 1.54) is 0 Å². The van der Waals surface area contributed by atoms with Crippen molar-refractivity contribution in [3.05, 3.63) is 84.3 Å². The number of aromatic amines is 2. The van der Waals surface area contributed by atoms with Crippen LogP contribution in [0.2, 0.25) is 0 Å². The highest BCUT2D eigenvalue weighted by Crippen LogP contribution is 2.46. The first-order valence-corrected chi connectivity index (χ1v) is 20.2. The van der Waals surface area contributed by atoms with Gasteiger partial charge in [-0.15, -0.1) is 0 Å². The van der Waals surface area contributed by atoms with E-state index in [2.05, 4.69) is 137 Å². The van der Waals surface area contributed by atoms with Crippen molar-refractivity contribution >= 4 is 172 Å². The fraction of sp³-hybridized carbons (Fsp3) is 0. The summed E-state index contributed by atoms with van der Waals surface area (Å²) < 4.78 is 6.81. The van der Waals surface area contributed by atoms with Gasteiger partial charge in [0.1, 0.15) is 22.6 Å². The van der Waals surface area contributed by atoms with Crippen LogP contribution in [0.4, 0.5) is 0 Å². The van der Waals surface area contributed by atoms with Crippen LogP contribution in [0.3, 0.4) is 0 Å². The molecule has 0 aliphatic carbocycles. The smallest absolute Gasteiger partial charge is 0.165 e. The minimum atomic E-state index is 0.492. The summed E-state index contributed by atoms with van der Waals surface area (Å²) in [4.78, 5) is 37.5. The molecule has 0 radical (unpaired) electrons. The number of nitrogens with one attached hydrogen (secondary N) is 2. The molecule has 0 unspecified atom stereocenters. The predicted octanol–water partition coefficient (Wildman–Crippen LogP) is 13.0. The number of halogens is 8. The Balaban J connectivity index is 1.55. The van der Waals surface area contributed by atoms with Crippen molar-refractivity contribution in [3.63, 3.8) is 0 Å². The average molecular weight is 1150 g/mol. The molecule has 0 saturated carbocycles. The minimum Gasteiger partial charge on any atom is -0.324 e. The van der Waals surface area contributed by atoms with E-state index in [0.717, 1.165) is 79.6 Å². The van der Waals surface area contributed by atoms with Crippen molar-refractivity contribution < 1.29 is 0 Å². The van der Waals surface area contributed by atoms with Gasteiger partial charge in [-0.25, -0.2) is 29.9 Å². The lowest BCUT2D eigenvalue weighted by molar-refractivity contribution is 1.19. The Morgan fingerprint density at radius 3 is 1.12 bits per heavy atom. The molecule has 8 nitrogen and oxygen atoms in total. The summed E-state index contributed by atoms with van der Waals surface area (Å²) in [5.74, 6) is 1.99. The molecule has 8 bridgehead atoms. The van der Waals surface area contributed by atoms with E-state index in [1.807, 2.05) is 48.5 Å². The van der Waals surface area contributed by atoms with Crippen molar-refractivity contribution in [1.29, 1.82) is 0 Å². The molecule has 2 aliphatic heterocycles. The van der Waals surface area contributed by atoms with Gasteiger partial charge in [-0.3, -0.25) is 0 Å². The van der Waals surface area contributed by atoms with Gasteiger partial charge in [0.2, 0.25) is 0 Å². The highest BCUT2D eigenvalue weighted by atomic mass is 79.9. The van der Waals surface area contributed by atoms with Crippen LogP contribution in [0.1, 0.15) is 0 Å². The Kier molecular flexibility index (Phi) is 7.89. The Bertz CT molecular complexity index is 2600. The molecule has 2 N–H and O–H groups in total. The Morgan fingerprint density at radius 2 is 0.708 bits per heavy atom. The molecular weight excluding hydrogens is 1140 g/mol. The molecule has 7 aromatic rings. The largest absolute Gasteiger partial charge is 0.324 e. The van der Waals surface area contributed by atoms with Crippen LogP contribution >= 0.6 is 127 Å². The molecule has 234 valence electrons. The lowest BCUT2D eigenvalue weighted by Gasteiger charge is -2.04. The molecule has 0 amide bonds. The second-order valence-electron chi connectivity index (χ2n) is 10.7. The summed E-state index contributed by atoms with van der Waals surface area (Å²) in [7, 11) is 0. The van der Waals surface area contributed by atoms with Gasteiger partial charge in [-0.05, 0) is 176 Å². The van der Waals surface area contributed by atoms with E-state index in [1.54, 1.807) is 0 Å². The van der Waals surface area contributed by atoms with Gasteiger partial charge in [0.25, 0.3) is 0 Å². The molecule has 3 aromatic heterocycles. The molecule has 9 rings (SSSR count). The summed E-state index contributed by atoms with van der Waals surface area (Å²) in [6, 6.07) is 15.9. The number of hydrogen-bond acceptors (Lipinski definition) is 6. The molecule has 4 aromatic carbocycles. The molecule has 5 heterocycles. The summed E-state index contributed by atoms with van der Waals surface area (Å²) in [5.41, 5.74) is 5.62. The van der Waals surface area contributed by atoms with E-state index >= 15 is 0 Å². The summed E-state index contributed by atoms with van der Waals surface area (Å²) in [6.07, 6.45) is 0. The number of rotatable bonds is 0. The van der Waals surface area contributed by atoms with Gasteiger partial charge in [0.15, 0.2) is 23.3 Å². The van der Waals surface area contributed by atoms with E-state index in [4.69, 9.17) is 29.9 Å². The van der Waals surface area contributed by atoms with Crippen molar-refractivity contribution in [2.45, 2.75) is 0 Å². The topological polar surface area (TPSA) is 109 Å². The summed E-state index contributed by atoms with van der Waals surface area (Å²) >= 11 is 29.8. The van der Waals surface area contributed by atoms with Crippen LogP contribution in [0.25, 0.3) is 89.7 Å². The van der Waals surface area contributed by atoms with Gasteiger partial charge < -0.3 is 9.97 Å². The highest BCUT2D eigenvalue weighted by molar-refractivity contribution is 9.14. The number of hydrogen-bond donors (Lipinski definition) is 2. The van der Waals surface area contributed by atoms with Gasteiger partial charge in [0, 0.05) is 79.6 Å². The summed E-state index contributed by atoms with van der Waals surface area (Å²) in [6.45, 7) is 0. The summed E-state index contributed by atoms with van der Waals surface area (Å²) in [5, 5.41) is 3.39. The van der Waals surface area contributed by atoms with Crippen LogP contribution in [0.5, 0.6) is 0 Å². The predicted molar refractivity (Wildman–Crippen MR) is 218 cm³/mol. The maximum absolute atomic E-state index is 5.13. The van der Waals surface area contributed by atoms with Crippen LogP contribution in [0.15, 0.2) is 84.3 Å². The standard InChI is InChI=1S/C32H10Br8N8/c33-13-5-1-9-17(21(13)37)29-41-25(9)45-30-18-10(2-6-14(34)22(18)38)27(42-30)47-32-20-12(4-8-16(36)24(20)40)28(44-32)48-31-19-11(26(43-31)46-29)3-7-15(35)23(19)39/h1-8H,(H2,41,42,43,44,45,46,47,48). The van der Waals surface area contributed by atoms with Crippen molar-refractivity contribution in [2.75, 3.05) is 0 Å². The molecular formula is C32H10Br8N8. The lowest BCUT2D eigenvalue weighted by Crippen LogP contribution is -1.85. The van der Waals surface area contributed by atoms with Crippen molar-refractivity contribution in [1.82, 2.24) is 39.9 Å². The van der Waals surface area contributed by atoms with Crippen LogP contribution < -0.4 is 0 Å². The zero-order valence-electron chi connectivity index (χ0n) is 23.3. The number of benzene rings is 4. The molecule has 2 aliphatic rings. The third-order valence-corrected chi connectivity index (χ3v) is 16.1. The highest BCUT2D eigenvalue weighted by Gasteiger charge is 2.27. The van der Waals surface area contributed by atoms with E-state index in [-0.39, 0.29) is 0 Å². The molecule has 0 atom stereocenters. The first-order valence-electron chi connectivity index (χ1n) is 13.8. The maximum atomic E-state index is 5.13. The number of aromatic nitrogens is 8. The normalized spacial score (nSPS) is 12.2. The van der Waals surface area contributed by atoms with Crippen LogP contribution in [-0.4, -0.2) is 39.9 Å². The second kappa shape index (κ2) is 11.8. The quantitative estimate of drug-likeness (QED) is 0.157. The van der Waals surface area contributed by atoms with Gasteiger partial charge in [-0.2, -0.15) is 0 Å². The fourth-order valence-corrected chi connectivity index (χ4v) is 9.32. The second-order valence-corrected chi connectivity index (χ2v) is 17.3. The van der Waals surface area contributed by atoms with E-state index < -0.39 is 0 Å². The Morgan fingerprint density at radius 1 is 0.354 bits per heavy atom. The fourth-order valence-electron chi connectivity index (χ4n) is 5.89. The zero-order chi connectivity index (χ0) is 33.2. The molecule has 0 fully saturated rings. The molecule has 16 heteroatoms. The number of H-pyrrole nitrogens is 2. The number of nitrogens with zero attached hydrogens (tertiary/aromatic N) is 6. The molecule has 0 spiro atoms. The Hall–Kier alpha value is -1.92. The average Bonchev–Trinajstić information content (AvgIpc) is 3.79. The van der Waals surface area contributed by atoms with Gasteiger partial charge >= 0.3 is 0 Å². The maximum Gasteiger partial charge on any atom is 0.165 e. The van der Waals surface area contributed by atoms with Gasteiger partial charge in [0.05, 0.1) is 0 Å². The van der Waals surface area contributed by atoms with Gasteiger partial charge in [-0.1, -0.05) is 0 Å². The van der Waals surface area contributed by atoms with E-state index in [0.29, 0.717) is 45.9 Å². The van der Waals surface area contributed by atoms with Crippen molar-refractivity contribution in [3.8, 4) is 45.6 Å². The number of fused-ring (bicyclic) bond motifs is 20.